The lowest BCUT2D eigenvalue weighted by molar-refractivity contribution is -0.134. The summed E-state index contributed by atoms with van der Waals surface area (Å²) in [6, 6.07) is 0. The van der Waals surface area contributed by atoms with Gasteiger partial charge in [0.05, 0.1) is 4.99 Å². The highest BCUT2D eigenvalue weighted by Crippen LogP contribution is 2.58. The lowest BCUT2D eigenvalue weighted by Gasteiger charge is -2.32. The predicted octanol–water partition coefficient (Wildman–Crippen LogP) is 1.56. The number of amides is 1. The minimum atomic E-state index is 0.354. The van der Waals surface area contributed by atoms with Gasteiger partial charge in [-0.3, -0.25) is 4.79 Å². The number of piperidine rings is 1. The van der Waals surface area contributed by atoms with E-state index in [0.29, 0.717) is 22.7 Å². The maximum absolute atomic E-state index is 12.3. The highest BCUT2D eigenvalue weighted by Gasteiger charge is 2.57. The van der Waals surface area contributed by atoms with Crippen molar-refractivity contribution in [3.8, 4) is 0 Å². The predicted molar refractivity (Wildman–Crippen MR) is 70.4 cm³/mol. The summed E-state index contributed by atoms with van der Waals surface area (Å²) in [5, 5.41) is 0. The number of fused-ring (bicyclic) bond motifs is 1. The van der Waals surface area contributed by atoms with Crippen molar-refractivity contribution in [1.29, 1.82) is 0 Å². The standard InChI is InChI=1S/C13H20N2OS/c14-12(17)8-4-6-15(7-5-8)13(16)11-9-2-1-3-10(9)11/h8-11H,1-7H2,(H2,14,17). The van der Waals surface area contributed by atoms with Gasteiger partial charge in [-0.05, 0) is 37.5 Å². The van der Waals surface area contributed by atoms with Gasteiger partial charge in [-0.2, -0.15) is 0 Å². The molecule has 4 heteroatoms. The quantitative estimate of drug-likeness (QED) is 0.759. The molecule has 1 heterocycles. The van der Waals surface area contributed by atoms with Gasteiger partial charge in [0.2, 0.25) is 5.91 Å². The molecular weight excluding hydrogens is 232 g/mol. The first-order valence-electron chi connectivity index (χ1n) is 6.76. The lowest BCUT2D eigenvalue weighted by atomic mass is 9.96. The Kier molecular flexibility index (Phi) is 2.85. The van der Waals surface area contributed by atoms with Gasteiger partial charge in [-0.15, -0.1) is 0 Å². The fraction of sp³-hybridized carbons (Fsp3) is 0.846. The van der Waals surface area contributed by atoms with E-state index in [1.165, 1.54) is 19.3 Å². The smallest absolute Gasteiger partial charge is 0.226 e. The largest absolute Gasteiger partial charge is 0.393 e. The Morgan fingerprint density at radius 2 is 1.71 bits per heavy atom. The number of thiocarbonyl (C=S) groups is 1. The van der Waals surface area contributed by atoms with Crippen LogP contribution in [0.1, 0.15) is 32.1 Å². The van der Waals surface area contributed by atoms with Crippen LogP contribution in [0.25, 0.3) is 0 Å². The maximum atomic E-state index is 12.3. The second-order valence-corrected chi connectivity index (χ2v) is 6.26. The van der Waals surface area contributed by atoms with Crippen LogP contribution in [0.5, 0.6) is 0 Å². The Morgan fingerprint density at radius 1 is 1.12 bits per heavy atom. The summed E-state index contributed by atoms with van der Waals surface area (Å²) in [4.78, 5) is 15.0. The molecule has 3 nitrogen and oxygen atoms in total. The molecule has 0 bridgehead atoms. The van der Waals surface area contributed by atoms with Crippen molar-refractivity contribution in [3.63, 3.8) is 0 Å². The Balaban J connectivity index is 1.53. The molecule has 1 saturated heterocycles. The summed E-state index contributed by atoms with van der Waals surface area (Å²) in [7, 11) is 0. The summed E-state index contributed by atoms with van der Waals surface area (Å²) in [5.74, 6) is 2.62. The molecule has 2 aliphatic carbocycles. The first kappa shape index (κ1) is 11.5. The van der Waals surface area contributed by atoms with Gasteiger partial charge in [0.15, 0.2) is 0 Å². The van der Waals surface area contributed by atoms with Crippen LogP contribution in [0, 0.1) is 23.7 Å². The molecule has 2 atom stereocenters. The molecule has 0 aromatic carbocycles. The summed E-state index contributed by atoms with van der Waals surface area (Å²) < 4.78 is 0. The minimum Gasteiger partial charge on any atom is -0.393 e. The number of hydrogen-bond acceptors (Lipinski definition) is 2. The van der Waals surface area contributed by atoms with E-state index in [1.54, 1.807) is 0 Å². The Labute approximate surface area is 108 Å². The molecule has 94 valence electrons. The SMILES string of the molecule is NC(=S)C1CCN(C(=O)C2C3CCCC32)CC1. The van der Waals surface area contributed by atoms with E-state index in [0.717, 1.165) is 37.8 Å². The van der Waals surface area contributed by atoms with E-state index in [-0.39, 0.29) is 0 Å². The lowest BCUT2D eigenvalue weighted by Crippen LogP contribution is -2.42. The first-order chi connectivity index (χ1) is 8.18. The van der Waals surface area contributed by atoms with Gasteiger partial charge in [0.25, 0.3) is 0 Å². The van der Waals surface area contributed by atoms with Crippen molar-refractivity contribution < 1.29 is 4.79 Å². The van der Waals surface area contributed by atoms with Crippen LogP contribution in [0.2, 0.25) is 0 Å². The van der Waals surface area contributed by atoms with Gasteiger partial charge >= 0.3 is 0 Å². The van der Waals surface area contributed by atoms with E-state index >= 15 is 0 Å². The van der Waals surface area contributed by atoms with Crippen molar-refractivity contribution in [2.24, 2.45) is 29.4 Å². The molecule has 1 aliphatic heterocycles. The summed E-state index contributed by atoms with van der Waals surface area (Å²) in [6.45, 7) is 1.72. The zero-order valence-electron chi connectivity index (χ0n) is 10.1. The van der Waals surface area contributed by atoms with Crippen molar-refractivity contribution in [2.45, 2.75) is 32.1 Å². The Bertz CT molecular complexity index is 339. The number of hydrogen-bond donors (Lipinski definition) is 1. The summed E-state index contributed by atoms with van der Waals surface area (Å²) in [5.41, 5.74) is 5.66. The average molecular weight is 252 g/mol. The molecule has 3 fully saturated rings. The van der Waals surface area contributed by atoms with Gasteiger partial charge in [0, 0.05) is 24.9 Å². The Morgan fingerprint density at radius 3 is 2.24 bits per heavy atom. The van der Waals surface area contributed by atoms with Gasteiger partial charge in [-0.1, -0.05) is 18.6 Å². The highest BCUT2D eigenvalue weighted by atomic mass is 32.1. The molecule has 0 spiro atoms. The van der Waals surface area contributed by atoms with E-state index in [2.05, 4.69) is 4.90 Å². The molecule has 1 amide bonds. The Hall–Kier alpha value is -0.640. The molecule has 0 aromatic heterocycles. The number of rotatable bonds is 2. The fourth-order valence-electron chi connectivity index (χ4n) is 3.78. The monoisotopic (exact) mass is 252 g/mol. The van der Waals surface area contributed by atoms with E-state index in [9.17, 15) is 4.79 Å². The molecule has 0 radical (unpaired) electrons. The van der Waals surface area contributed by atoms with Crippen LogP contribution >= 0.6 is 12.2 Å². The second kappa shape index (κ2) is 4.23. The molecule has 3 rings (SSSR count). The zero-order chi connectivity index (χ0) is 12.0. The van der Waals surface area contributed by atoms with Crippen molar-refractivity contribution >= 4 is 23.1 Å². The first-order valence-corrected chi connectivity index (χ1v) is 7.17. The van der Waals surface area contributed by atoms with Crippen LogP contribution in [0.4, 0.5) is 0 Å². The van der Waals surface area contributed by atoms with Crippen LogP contribution in [0.15, 0.2) is 0 Å². The molecule has 2 unspecified atom stereocenters. The van der Waals surface area contributed by atoms with Crippen LogP contribution < -0.4 is 5.73 Å². The molecule has 2 saturated carbocycles. The fourth-order valence-corrected chi connectivity index (χ4v) is 4.02. The summed E-state index contributed by atoms with van der Waals surface area (Å²) in [6.07, 6.45) is 5.82. The number of carbonyl (C=O) groups is 1. The second-order valence-electron chi connectivity index (χ2n) is 5.79. The highest BCUT2D eigenvalue weighted by molar-refractivity contribution is 7.80. The van der Waals surface area contributed by atoms with Crippen LogP contribution in [-0.2, 0) is 4.79 Å². The van der Waals surface area contributed by atoms with Crippen LogP contribution in [0.3, 0.4) is 0 Å². The number of nitrogens with zero attached hydrogens (tertiary/aromatic N) is 1. The number of likely N-dealkylation sites (tertiary alicyclic amines) is 1. The summed E-state index contributed by atoms with van der Waals surface area (Å²) >= 11 is 5.02. The molecule has 2 N–H and O–H groups in total. The minimum absolute atomic E-state index is 0.354. The molecular formula is C13H20N2OS. The van der Waals surface area contributed by atoms with E-state index in [4.69, 9.17) is 18.0 Å². The third kappa shape index (κ3) is 1.96. The van der Waals surface area contributed by atoms with Gasteiger partial charge in [-0.25, -0.2) is 0 Å². The van der Waals surface area contributed by atoms with Gasteiger partial charge < -0.3 is 10.6 Å². The van der Waals surface area contributed by atoms with E-state index < -0.39 is 0 Å². The average Bonchev–Trinajstić information content (AvgIpc) is 2.81. The third-order valence-corrected chi connectivity index (χ3v) is 5.23. The van der Waals surface area contributed by atoms with Crippen molar-refractivity contribution in [3.05, 3.63) is 0 Å². The molecule has 0 aromatic rings. The van der Waals surface area contributed by atoms with Crippen molar-refractivity contribution in [2.75, 3.05) is 13.1 Å². The topological polar surface area (TPSA) is 46.3 Å². The molecule has 17 heavy (non-hydrogen) atoms. The molecule has 3 aliphatic rings. The van der Waals surface area contributed by atoms with E-state index in [1.807, 2.05) is 0 Å². The third-order valence-electron chi connectivity index (χ3n) is 4.90. The zero-order valence-corrected chi connectivity index (χ0v) is 10.9. The van der Waals surface area contributed by atoms with Gasteiger partial charge in [0.1, 0.15) is 0 Å². The number of nitrogens with two attached hydrogens (primary N) is 1. The van der Waals surface area contributed by atoms with Crippen molar-refractivity contribution in [1.82, 2.24) is 4.90 Å². The maximum Gasteiger partial charge on any atom is 0.226 e. The normalized spacial score (nSPS) is 36.7. The van der Waals surface area contributed by atoms with Crippen LogP contribution in [-0.4, -0.2) is 28.9 Å². The number of carbonyl (C=O) groups excluding carboxylic acids is 1.